The molecule has 88 valence electrons. The summed E-state index contributed by atoms with van der Waals surface area (Å²) in [6, 6.07) is 4.65. The molecule has 0 aliphatic carbocycles. The van der Waals surface area contributed by atoms with E-state index in [1.807, 2.05) is 14.0 Å². The van der Waals surface area contributed by atoms with E-state index in [1.165, 1.54) is 12.1 Å². The Morgan fingerprint density at radius 2 is 1.94 bits per heavy atom. The van der Waals surface area contributed by atoms with Crippen molar-refractivity contribution in [3.05, 3.63) is 35.1 Å². The van der Waals surface area contributed by atoms with E-state index in [1.54, 1.807) is 6.07 Å². The maximum Gasteiger partial charge on any atom is 0.123 e. The summed E-state index contributed by atoms with van der Waals surface area (Å²) in [7, 11) is 2.04. The van der Waals surface area contributed by atoms with E-state index in [9.17, 15) is 9.50 Å². The fourth-order valence-corrected chi connectivity index (χ4v) is 2.35. The Labute approximate surface area is 95.7 Å². The van der Waals surface area contributed by atoms with Crippen molar-refractivity contribution in [1.82, 2.24) is 4.90 Å². The summed E-state index contributed by atoms with van der Waals surface area (Å²) >= 11 is 0. The summed E-state index contributed by atoms with van der Waals surface area (Å²) in [5.41, 5.74) is 0.868. The number of rotatable bonds is 1. The molecule has 2 nitrogen and oxygen atoms in total. The van der Waals surface area contributed by atoms with Crippen LogP contribution < -0.4 is 0 Å². The highest BCUT2D eigenvalue weighted by Gasteiger charge is 2.34. The molecule has 3 heteroatoms. The molecule has 1 aliphatic heterocycles. The number of likely N-dealkylation sites (tertiary alicyclic amines) is 1. The first kappa shape index (κ1) is 11.6. The number of hydrogen-bond acceptors (Lipinski definition) is 2. The molecule has 2 rings (SSSR count). The monoisotopic (exact) mass is 223 g/mol. The molecule has 1 heterocycles. The molecule has 1 fully saturated rings. The van der Waals surface area contributed by atoms with Crippen molar-refractivity contribution in [2.24, 2.45) is 0 Å². The Hall–Kier alpha value is -0.930. The average molecular weight is 223 g/mol. The topological polar surface area (TPSA) is 23.5 Å². The zero-order chi connectivity index (χ0) is 11.8. The van der Waals surface area contributed by atoms with Gasteiger partial charge in [-0.3, -0.25) is 0 Å². The predicted molar refractivity (Wildman–Crippen MR) is 61.8 cm³/mol. The van der Waals surface area contributed by atoms with E-state index in [-0.39, 0.29) is 5.82 Å². The van der Waals surface area contributed by atoms with Gasteiger partial charge in [0.2, 0.25) is 0 Å². The van der Waals surface area contributed by atoms with Gasteiger partial charge in [-0.1, -0.05) is 6.07 Å². The molecule has 0 saturated carbocycles. The molecule has 0 atom stereocenters. The molecule has 1 N–H and O–H groups in total. The van der Waals surface area contributed by atoms with Crippen LogP contribution >= 0.6 is 0 Å². The first-order valence-corrected chi connectivity index (χ1v) is 5.69. The van der Waals surface area contributed by atoms with E-state index in [0.29, 0.717) is 12.8 Å². The zero-order valence-corrected chi connectivity index (χ0v) is 9.83. The van der Waals surface area contributed by atoms with Gasteiger partial charge in [-0.25, -0.2) is 4.39 Å². The molecule has 1 saturated heterocycles. The lowest BCUT2D eigenvalue weighted by Crippen LogP contribution is -2.41. The van der Waals surface area contributed by atoms with E-state index in [4.69, 9.17) is 0 Å². The number of benzene rings is 1. The highest BCUT2D eigenvalue weighted by Crippen LogP contribution is 2.34. The van der Waals surface area contributed by atoms with Gasteiger partial charge in [0.15, 0.2) is 0 Å². The summed E-state index contributed by atoms with van der Waals surface area (Å²) in [6.07, 6.45) is 1.35. The molecular weight excluding hydrogens is 205 g/mol. The van der Waals surface area contributed by atoms with E-state index < -0.39 is 5.60 Å². The van der Waals surface area contributed by atoms with Crippen molar-refractivity contribution < 1.29 is 9.50 Å². The zero-order valence-electron chi connectivity index (χ0n) is 9.83. The van der Waals surface area contributed by atoms with Crippen LogP contribution in [0.15, 0.2) is 18.2 Å². The maximum absolute atomic E-state index is 13.2. The number of aliphatic hydroxyl groups is 1. The van der Waals surface area contributed by atoms with Crippen molar-refractivity contribution in [2.75, 3.05) is 20.1 Å². The minimum absolute atomic E-state index is 0.270. The summed E-state index contributed by atoms with van der Waals surface area (Å²) in [5, 5.41) is 10.6. The summed E-state index contributed by atoms with van der Waals surface area (Å²) in [5.74, 6) is -0.270. The summed E-state index contributed by atoms with van der Waals surface area (Å²) in [6.45, 7) is 3.63. The van der Waals surface area contributed by atoms with Gasteiger partial charge in [-0.05, 0) is 50.1 Å². The molecule has 0 spiro atoms. The minimum atomic E-state index is -0.849. The third-order valence-electron chi connectivity index (χ3n) is 3.52. The van der Waals surface area contributed by atoms with Crippen LogP contribution in [0.5, 0.6) is 0 Å². The van der Waals surface area contributed by atoms with Crippen molar-refractivity contribution in [2.45, 2.75) is 25.4 Å². The Kier molecular flexibility index (Phi) is 3.00. The Balaban J connectivity index is 2.32. The average Bonchev–Trinajstić information content (AvgIpc) is 2.26. The molecule has 1 aliphatic rings. The Bertz CT molecular complexity index is 384. The van der Waals surface area contributed by atoms with Gasteiger partial charge < -0.3 is 10.0 Å². The maximum atomic E-state index is 13.2. The van der Waals surface area contributed by atoms with Crippen molar-refractivity contribution in [3.8, 4) is 0 Å². The van der Waals surface area contributed by atoms with Crippen LogP contribution in [0.1, 0.15) is 24.0 Å². The molecule has 1 aromatic carbocycles. The molecule has 0 amide bonds. The molecule has 16 heavy (non-hydrogen) atoms. The van der Waals surface area contributed by atoms with Crippen LogP contribution in [-0.4, -0.2) is 30.1 Å². The SMILES string of the molecule is Cc1ccc(F)cc1C1(O)CCN(C)CC1. The molecule has 0 radical (unpaired) electrons. The molecular formula is C13H18FNO. The largest absolute Gasteiger partial charge is 0.385 e. The standard InChI is InChI=1S/C13H18FNO/c1-10-3-4-11(14)9-12(10)13(16)5-7-15(2)8-6-13/h3-4,9,16H,5-8H2,1-2H3. The third-order valence-corrected chi connectivity index (χ3v) is 3.52. The first-order chi connectivity index (χ1) is 7.51. The second-order valence-corrected chi connectivity index (χ2v) is 4.79. The quantitative estimate of drug-likeness (QED) is 0.787. The van der Waals surface area contributed by atoms with Crippen LogP contribution in [0, 0.1) is 12.7 Å². The van der Waals surface area contributed by atoms with Crippen LogP contribution in [-0.2, 0) is 5.60 Å². The van der Waals surface area contributed by atoms with Crippen LogP contribution in [0.4, 0.5) is 4.39 Å². The van der Waals surface area contributed by atoms with Crippen LogP contribution in [0.25, 0.3) is 0 Å². The minimum Gasteiger partial charge on any atom is -0.385 e. The smallest absolute Gasteiger partial charge is 0.123 e. The van der Waals surface area contributed by atoms with Gasteiger partial charge in [-0.2, -0.15) is 0 Å². The van der Waals surface area contributed by atoms with Gasteiger partial charge in [-0.15, -0.1) is 0 Å². The van der Waals surface area contributed by atoms with Gasteiger partial charge in [0.05, 0.1) is 5.60 Å². The van der Waals surface area contributed by atoms with Crippen molar-refractivity contribution in [3.63, 3.8) is 0 Å². The number of halogens is 1. The Morgan fingerprint density at radius 1 is 1.31 bits per heavy atom. The number of nitrogens with zero attached hydrogens (tertiary/aromatic N) is 1. The second kappa shape index (κ2) is 4.15. The second-order valence-electron chi connectivity index (χ2n) is 4.79. The fraction of sp³-hybridized carbons (Fsp3) is 0.538. The number of piperidine rings is 1. The van der Waals surface area contributed by atoms with Crippen molar-refractivity contribution in [1.29, 1.82) is 0 Å². The van der Waals surface area contributed by atoms with Gasteiger partial charge in [0, 0.05) is 13.1 Å². The fourth-order valence-electron chi connectivity index (χ4n) is 2.35. The van der Waals surface area contributed by atoms with E-state index in [0.717, 1.165) is 24.2 Å². The van der Waals surface area contributed by atoms with Gasteiger partial charge in [0.1, 0.15) is 5.82 Å². The first-order valence-electron chi connectivity index (χ1n) is 5.69. The van der Waals surface area contributed by atoms with Gasteiger partial charge in [0.25, 0.3) is 0 Å². The van der Waals surface area contributed by atoms with Gasteiger partial charge >= 0.3 is 0 Å². The normalized spacial score (nSPS) is 21.0. The third kappa shape index (κ3) is 2.11. The predicted octanol–water partition coefficient (Wildman–Crippen LogP) is 2.05. The lowest BCUT2D eigenvalue weighted by atomic mass is 9.82. The summed E-state index contributed by atoms with van der Waals surface area (Å²) in [4.78, 5) is 2.18. The van der Waals surface area contributed by atoms with E-state index >= 15 is 0 Å². The lowest BCUT2D eigenvalue weighted by Gasteiger charge is -2.37. The van der Waals surface area contributed by atoms with Crippen molar-refractivity contribution >= 4 is 0 Å². The highest BCUT2D eigenvalue weighted by molar-refractivity contribution is 5.32. The highest BCUT2D eigenvalue weighted by atomic mass is 19.1. The molecule has 1 aromatic rings. The van der Waals surface area contributed by atoms with Crippen LogP contribution in [0.3, 0.4) is 0 Å². The Morgan fingerprint density at radius 3 is 2.56 bits per heavy atom. The van der Waals surface area contributed by atoms with E-state index in [2.05, 4.69) is 4.90 Å². The lowest BCUT2D eigenvalue weighted by molar-refractivity contribution is -0.0210. The number of hydrogen-bond donors (Lipinski definition) is 1. The number of aryl methyl sites for hydroxylation is 1. The summed E-state index contributed by atoms with van der Waals surface area (Å²) < 4.78 is 13.2. The molecule has 0 aromatic heterocycles. The van der Waals surface area contributed by atoms with Crippen LogP contribution in [0.2, 0.25) is 0 Å². The molecule has 0 unspecified atom stereocenters. The molecule has 0 bridgehead atoms.